The molecular weight excluding hydrogens is 260 g/mol. The Morgan fingerprint density at radius 2 is 1.95 bits per heavy atom. The lowest BCUT2D eigenvalue weighted by Crippen LogP contribution is -2.47. The number of rotatable bonds is 2. The van der Waals surface area contributed by atoms with Crippen LogP contribution in [0.15, 0.2) is 18.2 Å². The second-order valence-corrected chi connectivity index (χ2v) is 5.72. The lowest BCUT2D eigenvalue weighted by Gasteiger charge is -2.39. The molecule has 0 aromatic heterocycles. The van der Waals surface area contributed by atoms with Gasteiger partial charge in [-0.2, -0.15) is 0 Å². The highest BCUT2D eigenvalue weighted by atomic mass is 35.5. The summed E-state index contributed by atoms with van der Waals surface area (Å²) in [4.78, 5) is 14.8. The molecule has 0 aliphatic carbocycles. The van der Waals surface area contributed by atoms with Gasteiger partial charge in [0.2, 0.25) is 0 Å². The van der Waals surface area contributed by atoms with E-state index in [0.29, 0.717) is 22.7 Å². The lowest BCUT2D eigenvalue weighted by atomic mass is 9.96. The van der Waals surface area contributed by atoms with Crippen molar-refractivity contribution in [1.82, 2.24) is 4.90 Å². The number of nitrogens with zero attached hydrogens (tertiary/aromatic N) is 1. The Morgan fingerprint density at radius 3 is 2.53 bits per heavy atom. The Kier molecular flexibility index (Phi) is 4.35. The molecule has 0 saturated carbocycles. The minimum Gasteiger partial charge on any atom is -0.387 e. The molecule has 1 aromatic carbocycles. The fraction of sp³-hybridized carbons (Fsp3) is 0.533. The Labute approximate surface area is 119 Å². The number of carbonyl (C=O) groups excluding carboxylic acids is 1. The van der Waals surface area contributed by atoms with E-state index < -0.39 is 0 Å². The third-order valence-corrected chi connectivity index (χ3v) is 4.14. The maximum atomic E-state index is 12.8. The van der Waals surface area contributed by atoms with Gasteiger partial charge in [0.25, 0.3) is 5.91 Å². The van der Waals surface area contributed by atoms with Gasteiger partial charge in [-0.25, -0.2) is 0 Å². The Hall–Kier alpha value is -1.22. The highest BCUT2D eigenvalue weighted by Gasteiger charge is 2.30. The van der Waals surface area contributed by atoms with Crippen LogP contribution in [0.4, 0.5) is 5.69 Å². The number of likely N-dealkylation sites (tertiary alicyclic amines) is 1. The first-order chi connectivity index (χ1) is 9.04. The van der Waals surface area contributed by atoms with E-state index in [0.717, 1.165) is 18.5 Å². The number of carbonyl (C=O) groups is 1. The van der Waals surface area contributed by atoms with Crippen LogP contribution in [0.3, 0.4) is 0 Å². The molecule has 0 unspecified atom stereocenters. The summed E-state index contributed by atoms with van der Waals surface area (Å²) in [6.07, 6.45) is 3.34. The van der Waals surface area contributed by atoms with Gasteiger partial charge in [0, 0.05) is 29.8 Å². The van der Waals surface area contributed by atoms with Gasteiger partial charge < -0.3 is 10.2 Å². The van der Waals surface area contributed by atoms with Crippen molar-refractivity contribution >= 4 is 23.2 Å². The van der Waals surface area contributed by atoms with E-state index in [1.807, 2.05) is 18.0 Å². The van der Waals surface area contributed by atoms with E-state index in [9.17, 15) is 4.79 Å². The Bertz CT molecular complexity index is 465. The molecule has 1 heterocycles. The van der Waals surface area contributed by atoms with Crippen LogP contribution < -0.4 is 5.32 Å². The van der Waals surface area contributed by atoms with Crippen LogP contribution in [0.1, 0.15) is 43.5 Å². The number of amides is 1. The topological polar surface area (TPSA) is 32.3 Å². The summed E-state index contributed by atoms with van der Waals surface area (Å²) < 4.78 is 0. The fourth-order valence-corrected chi connectivity index (χ4v) is 3.04. The Morgan fingerprint density at radius 1 is 1.32 bits per heavy atom. The van der Waals surface area contributed by atoms with E-state index in [-0.39, 0.29) is 5.91 Å². The average molecular weight is 281 g/mol. The van der Waals surface area contributed by atoms with E-state index in [1.54, 1.807) is 12.1 Å². The molecule has 1 saturated heterocycles. The molecule has 1 aliphatic rings. The average Bonchev–Trinajstić information content (AvgIpc) is 2.38. The van der Waals surface area contributed by atoms with Gasteiger partial charge in [-0.3, -0.25) is 4.79 Å². The molecule has 104 valence electrons. The molecule has 4 heteroatoms. The van der Waals surface area contributed by atoms with Crippen LogP contribution in [0.25, 0.3) is 0 Å². The van der Waals surface area contributed by atoms with Gasteiger partial charge in [-0.1, -0.05) is 11.6 Å². The van der Waals surface area contributed by atoms with Crippen LogP contribution in [0.2, 0.25) is 5.02 Å². The summed E-state index contributed by atoms with van der Waals surface area (Å²) in [5.41, 5.74) is 1.50. The van der Waals surface area contributed by atoms with E-state index in [2.05, 4.69) is 19.2 Å². The summed E-state index contributed by atoms with van der Waals surface area (Å²) in [5, 5.41) is 3.66. The SMILES string of the molecule is CNc1ccc(Cl)cc1C(=O)N1[C@H](C)CCC[C@@H]1C. The summed E-state index contributed by atoms with van der Waals surface area (Å²) in [6.45, 7) is 4.24. The predicted molar refractivity (Wildman–Crippen MR) is 79.9 cm³/mol. The predicted octanol–water partition coefficient (Wildman–Crippen LogP) is 3.78. The number of benzene rings is 1. The van der Waals surface area contributed by atoms with Crippen molar-refractivity contribution in [3.63, 3.8) is 0 Å². The van der Waals surface area contributed by atoms with Gasteiger partial charge in [0.15, 0.2) is 0 Å². The molecule has 1 aromatic rings. The zero-order valence-corrected chi connectivity index (χ0v) is 12.5. The van der Waals surface area contributed by atoms with Crippen molar-refractivity contribution < 1.29 is 4.79 Å². The zero-order chi connectivity index (χ0) is 14.0. The summed E-state index contributed by atoms with van der Waals surface area (Å²) in [6, 6.07) is 5.99. The van der Waals surface area contributed by atoms with Gasteiger partial charge >= 0.3 is 0 Å². The molecule has 0 radical (unpaired) electrons. The number of anilines is 1. The van der Waals surface area contributed by atoms with Gasteiger partial charge in [0.1, 0.15) is 0 Å². The van der Waals surface area contributed by atoms with Crippen LogP contribution in [0.5, 0.6) is 0 Å². The second kappa shape index (κ2) is 5.83. The number of halogens is 1. The first kappa shape index (κ1) is 14.2. The van der Waals surface area contributed by atoms with E-state index >= 15 is 0 Å². The quantitative estimate of drug-likeness (QED) is 0.894. The standard InChI is InChI=1S/C15H21ClN2O/c1-10-5-4-6-11(2)18(10)15(19)13-9-12(16)7-8-14(13)17-3/h7-11,17H,4-6H2,1-3H3/t10-,11+. The molecule has 2 atom stereocenters. The second-order valence-electron chi connectivity index (χ2n) is 5.28. The van der Waals surface area contributed by atoms with Crippen LogP contribution in [0, 0.1) is 0 Å². The van der Waals surface area contributed by atoms with E-state index in [1.165, 1.54) is 6.42 Å². The molecule has 1 aliphatic heterocycles. The van der Waals surface area contributed by atoms with Gasteiger partial charge in [-0.15, -0.1) is 0 Å². The van der Waals surface area contributed by atoms with Crippen molar-refractivity contribution in [1.29, 1.82) is 0 Å². The van der Waals surface area contributed by atoms with Gasteiger partial charge in [0.05, 0.1) is 5.56 Å². The van der Waals surface area contributed by atoms with Crippen molar-refractivity contribution in [3.8, 4) is 0 Å². The molecule has 2 rings (SSSR count). The molecule has 1 amide bonds. The summed E-state index contributed by atoms with van der Waals surface area (Å²) in [5.74, 6) is 0.0755. The molecule has 0 spiro atoms. The number of nitrogens with one attached hydrogen (secondary N) is 1. The molecular formula is C15H21ClN2O. The third-order valence-electron chi connectivity index (χ3n) is 3.91. The largest absolute Gasteiger partial charge is 0.387 e. The zero-order valence-electron chi connectivity index (χ0n) is 11.7. The van der Waals surface area contributed by atoms with Crippen molar-refractivity contribution in [2.45, 2.75) is 45.2 Å². The molecule has 3 nitrogen and oxygen atoms in total. The van der Waals surface area contributed by atoms with Crippen molar-refractivity contribution in [2.24, 2.45) is 0 Å². The minimum absolute atomic E-state index is 0.0755. The first-order valence-electron chi connectivity index (χ1n) is 6.84. The normalized spacial score (nSPS) is 23.3. The van der Waals surface area contributed by atoms with Gasteiger partial charge in [-0.05, 0) is 51.3 Å². The van der Waals surface area contributed by atoms with Crippen LogP contribution >= 0.6 is 11.6 Å². The van der Waals surface area contributed by atoms with Crippen LogP contribution in [-0.4, -0.2) is 29.9 Å². The van der Waals surface area contributed by atoms with Crippen molar-refractivity contribution in [3.05, 3.63) is 28.8 Å². The highest BCUT2D eigenvalue weighted by molar-refractivity contribution is 6.31. The fourth-order valence-electron chi connectivity index (χ4n) is 2.87. The third kappa shape index (κ3) is 2.86. The smallest absolute Gasteiger partial charge is 0.256 e. The maximum Gasteiger partial charge on any atom is 0.256 e. The molecule has 1 fully saturated rings. The Balaban J connectivity index is 2.35. The lowest BCUT2D eigenvalue weighted by molar-refractivity contribution is 0.0512. The molecule has 1 N–H and O–H groups in total. The number of piperidine rings is 1. The van der Waals surface area contributed by atoms with E-state index in [4.69, 9.17) is 11.6 Å². The van der Waals surface area contributed by atoms with Crippen LogP contribution in [-0.2, 0) is 0 Å². The monoisotopic (exact) mass is 280 g/mol. The number of hydrogen-bond donors (Lipinski definition) is 1. The molecule has 0 bridgehead atoms. The highest BCUT2D eigenvalue weighted by Crippen LogP contribution is 2.28. The number of hydrogen-bond acceptors (Lipinski definition) is 2. The summed E-state index contributed by atoms with van der Waals surface area (Å²) in [7, 11) is 1.82. The van der Waals surface area contributed by atoms with Crippen molar-refractivity contribution in [2.75, 3.05) is 12.4 Å². The first-order valence-corrected chi connectivity index (χ1v) is 7.22. The minimum atomic E-state index is 0.0755. The maximum absolute atomic E-state index is 12.8. The summed E-state index contributed by atoms with van der Waals surface area (Å²) >= 11 is 6.03. The molecule has 19 heavy (non-hydrogen) atoms.